The van der Waals surface area contributed by atoms with Crippen LogP contribution in [0.15, 0.2) is 39.7 Å². The van der Waals surface area contributed by atoms with E-state index in [-0.39, 0.29) is 9.77 Å². The number of thiophene rings is 1. The lowest BCUT2D eigenvalue weighted by molar-refractivity contribution is 0.102. The van der Waals surface area contributed by atoms with Gasteiger partial charge in [-0.15, -0.1) is 23.1 Å². The average Bonchev–Trinajstić information content (AvgIpc) is 3.29. The summed E-state index contributed by atoms with van der Waals surface area (Å²) >= 11 is 2.75. The Bertz CT molecular complexity index is 841. The average molecular weight is 398 g/mol. The molecule has 0 spiro atoms. The largest absolute Gasteiger partial charge is 0.320 e. The second kappa shape index (κ2) is 7.86. The van der Waals surface area contributed by atoms with E-state index < -0.39 is 15.9 Å². The molecule has 6 nitrogen and oxygen atoms in total. The fourth-order valence-electron chi connectivity index (χ4n) is 2.61. The Morgan fingerprint density at radius 1 is 1.32 bits per heavy atom. The number of hydrogen-bond acceptors (Lipinski definition) is 6. The number of carbonyl (C=O) groups excluding carboxylic acids is 1. The van der Waals surface area contributed by atoms with Crippen LogP contribution in [-0.2, 0) is 10.0 Å². The highest BCUT2D eigenvalue weighted by Gasteiger charge is 2.31. The Balaban J connectivity index is 1.78. The predicted molar refractivity (Wildman–Crippen MR) is 101 cm³/mol. The molecule has 3 rings (SSSR count). The molecule has 0 atom stereocenters. The molecule has 2 aromatic rings. The number of hydrogen-bond donors (Lipinski definition) is 1. The van der Waals surface area contributed by atoms with Crippen molar-refractivity contribution in [3.63, 3.8) is 0 Å². The molecule has 0 aliphatic carbocycles. The number of pyridine rings is 1. The first-order chi connectivity index (χ1) is 12.0. The van der Waals surface area contributed by atoms with Crippen molar-refractivity contribution in [2.75, 3.05) is 24.2 Å². The number of aromatic nitrogens is 1. The molecule has 0 radical (unpaired) electrons. The Kier molecular flexibility index (Phi) is 5.78. The van der Waals surface area contributed by atoms with Gasteiger partial charge in [0.05, 0.1) is 16.9 Å². The Hall–Kier alpha value is -1.42. The van der Waals surface area contributed by atoms with Crippen LogP contribution < -0.4 is 5.32 Å². The molecule has 0 saturated carbocycles. The van der Waals surface area contributed by atoms with Crippen LogP contribution in [0.25, 0.3) is 0 Å². The van der Waals surface area contributed by atoms with Crippen molar-refractivity contribution < 1.29 is 13.2 Å². The van der Waals surface area contributed by atoms with Crippen LogP contribution in [0.5, 0.6) is 0 Å². The molecule has 1 amide bonds. The van der Waals surface area contributed by atoms with Gasteiger partial charge in [-0.2, -0.15) is 4.31 Å². The van der Waals surface area contributed by atoms with Gasteiger partial charge in [-0.25, -0.2) is 13.4 Å². The number of nitrogens with one attached hydrogen (secondary N) is 1. The quantitative estimate of drug-likeness (QED) is 0.757. The molecule has 9 heteroatoms. The monoisotopic (exact) mass is 397 g/mol. The Morgan fingerprint density at radius 2 is 2.08 bits per heavy atom. The highest BCUT2D eigenvalue weighted by molar-refractivity contribution is 7.99. The number of carbonyl (C=O) groups is 1. The van der Waals surface area contributed by atoms with Gasteiger partial charge in [-0.1, -0.05) is 6.92 Å². The van der Waals surface area contributed by atoms with Gasteiger partial charge < -0.3 is 5.32 Å². The molecular formula is C16H19N3O3S3. The van der Waals surface area contributed by atoms with E-state index in [0.717, 1.165) is 35.0 Å². The maximum atomic E-state index is 12.7. The molecule has 0 aromatic carbocycles. The van der Waals surface area contributed by atoms with Gasteiger partial charge in [-0.3, -0.25) is 4.79 Å². The molecule has 1 aliphatic rings. The van der Waals surface area contributed by atoms with E-state index in [1.165, 1.54) is 10.4 Å². The second-order valence-corrected chi connectivity index (χ2v) is 9.60. The number of anilines is 1. The maximum Gasteiger partial charge on any atom is 0.267 e. The summed E-state index contributed by atoms with van der Waals surface area (Å²) in [6.07, 6.45) is 3.30. The molecule has 1 N–H and O–H groups in total. The minimum atomic E-state index is -3.61. The molecule has 3 heterocycles. The van der Waals surface area contributed by atoms with Crippen molar-refractivity contribution in [2.45, 2.75) is 29.7 Å². The smallest absolute Gasteiger partial charge is 0.267 e. The van der Waals surface area contributed by atoms with Gasteiger partial charge in [0.2, 0.25) is 10.0 Å². The first kappa shape index (κ1) is 18.4. The van der Waals surface area contributed by atoms with Crippen LogP contribution in [0.2, 0.25) is 0 Å². The summed E-state index contributed by atoms with van der Waals surface area (Å²) < 4.78 is 26.9. The van der Waals surface area contributed by atoms with Crippen molar-refractivity contribution >= 4 is 44.7 Å². The Morgan fingerprint density at radius 3 is 2.72 bits per heavy atom. The van der Waals surface area contributed by atoms with E-state index in [1.807, 2.05) is 13.0 Å². The summed E-state index contributed by atoms with van der Waals surface area (Å²) in [5, 5.41) is 5.25. The third kappa shape index (κ3) is 4.05. The lowest BCUT2D eigenvalue weighted by Gasteiger charge is -2.15. The SMILES string of the molecule is CCSc1ccc(NC(=O)c2sccc2S(=O)(=O)N2CCCC2)cn1. The third-order valence-electron chi connectivity index (χ3n) is 3.80. The third-order valence-corrected chi connectivity index (χ3v) is 7.61. The normalized spacial score (nSPS) is 15.4. The van der Waals surface area contributed by atoms with Crippen LogP contribution in [0.3, 0.4) is 0 Å². The number of sulfonamides is 1. The Labute approximate surface area is 155 Å². The lowest BCUT2D eigenvalue weighted by atomic mass is 10.4. The van der Waals surface area contributed by atoms with Crippen molar-refractivity contribution in [1.29, 1.82) is 0 Å². The van der Waals surface area contributed by atoms with E-state index in [9.17, 15) is 13.2 Å². The molecule has 25 heavy (non-hydrogen) atoms. The maximum absolute atomic E-state index is 12.7. The highest BCUT2D eigenvalue weighted by Crippen LogP contribution is 2.28. The number of amides is 1. The minimum Gasteiger partial charge on any atom is -0.320 e. The first-order valence-electron chi connectivity index (χ1n) is 8.00. The van der Waals surface area contributed by atoms with Crippen LogP contribution >= 0.6 is 23.1 Å². The van der Waals surface area contributed by atoms with Crippen molar-refractivity contribution in [1.82, 2.24) is 9.29 Å². The van der Waals surface area contributed by atoms with E-state index >= 15 is 0 Å². The summed E-state index contributed by atoms with van der Waals surface area (Å²) in [6, 6.07) is 5.11. The zero-order chi connectivity index (χ0) is 17.9. The number of nitrogens with zero attached hydrogens (tertiary/aromatic N) is 2. The number of thioether (sulfide) groups is 1. The van der Waals surface area contributed by atoms with Crippen molar-refractivity contribution in [2.24, 2.45) is 0 Å². The fraction of sp³-hybridized carbons (Fsp3) is 0.375. The molecule has 0 bridgehead atoms. The first-order valence-corrected chi connectivity index (χ1v) is 11.3. The summed E-state index contributed by atoms with van der Waals surface area (Å²) in [5.74, 6) is 0.497. The van der Waals surface area contributed by atoms with E-state index in [0.29, 0.717) is 18.8 Å². The van der Waals surface area contributed by atoms with Gasteiger partial charge >= 0.3 is 0 Å². The van der Waals surface area contributed by atoms with E-state index in [1.54, 1.807) is 29.4 Å². The lowest BCUT2D eigenvalue weighted by Crippen LogP contribution is -2.29. The number of rotatable bonds is 6. The highest BCUT2D eigenvalue weighted by atomic mass is 32.2. The van der Waals surface area contributed by atoms with Gasteiger partial charge in [0.25, 0.3) is 5.91 Å². The van der Waals surface area contributed by atoms with Crippen LogP contribution in [0.1, 0.15) is 29.4 Å². The van der Waals surface area contributed by atoms with Gasteiger partial charge in [0, 0.05) is 13.1 Å². The summed E-state index contributed by atoms with van der Waals surface area (Å²) in [6.45, 7) is 3.07. The van der Waals surface area contributed by atoms with Crippen LogP contribution in [0.4, 0.5) is 5.69 Å². The van der Waals surface area contributed by atoms with E-state index in [2.05, 4.69) is 10.3 Å². The molecule has 1 fully saturated rings. The topological polar surface area (TPSA) is 79.4 Å². The standard InChI is InChI=1S/C16H19N3O3S3/c1-2-23-14-6-5-12(11-17-14)18-16(20)15-13(7-10-24-15)25(21,22)19-8-3-4-9-19/h5-7,10-11H,2-4,8-9H2,1H3,(H,18,20). The molecule has 1 saturated heterocycles. The zero-order valence-electron chi connectivity index (χ0n) is 13.8. The van der Waals surface area contributed by atoms with Gasteiger partial charge in [-0.05, 0) is 42.2 Å². The van der Waals surface area contributed by atoms with Crippen LogP contribution in [0, 0.1) is 0 Å². The van der Waals surface area contributed by atoms with Crippen molar-refractivity contribution in [3.8, 4) is 0 Å². The van der Waals surface area contributed by atoms with E-state index in [4.69, 9.17) is 0 Å². The zero-order valence-corrected chi connectivity index (χ0v) is 16.2. The summed E-state index contributed by atoms with van der Waals surface area (Å²) in [4.78, 5) is 17.1. The van der Waals surface area contributed by atoms with Gasteiger partial charge in [0.15, 0.2) is 0 Å². The summed E-state index contributed by atoms with van der Waals surface area (Å²) in [7, 11) is -3.61. The predicted octanol–water partition coefficient (Wildman–Crippen LogP) is 3.29. The van der Waals surface area contributed by atoms with Crippen molar-refractivity contribution in [3.05, 3.63) is 34.7 Å². The summed E-state index contributed by atoms with van der Waals surface area (Å²) in [5.41, 5.74) is 0.545. The van der Waals surface area contributed by atoms with Crippen LogP contribution in [-0.4, -0.2) is 42.5 Å². The fourth-order valence-corrected chi connectivity index (χ4v) is 6.01. The molecule has 1 aliphatic heterocycles. The second-order valence-electron chi connectivity index (χ2n) is 5.50. The minimum absolute atomic E-state index is 0.0861. The molecule has 0 unspecified atom stereocenters. The molecular weight excluding hydrogens is 378 g/mol. The molecule has 2 aromatic heterocycles. The molecule has 134 valence electrons. The van der Waals surface area contributed by atoms with Gasteiger partial charge in [0.1, 0.15) is 9.77 Å².